The Labute approximate surface area is 141 Å². The van der Waals surface area contributed by atoms with E-state index in [-0.39, 0.29) is 5.91 Å². The van der Waals surface area contributed by atoms with Gasteiger partial charge in [-0.2, -0.15) is 5.26 Å². The van der Waals surface area contributed by atoms with Gasteiger partial charge in [0.05, 0.1) is 16.8 Å². The zero-order valence-corrected chi connectivity index (χ0v) is 14.8. The molecule has 0 saturated heterocycles. The van der Waals surface area contributed by atoms with E-state index in [0.29, 0.717) is 29.4 Å². The van der Waals surface area contributed by atoms with Crippen molar-refractivity contribution in [2.45, 2.75) is 32.7 Å². The van der Waals surface area contributed by atoms with Crippen LogP contribution in [0.4, 0.5) is 0 Å². The minimum absolute atomic E-state index is 0.0757. The lowest BCUT2D eigenvalue weighted by molar-refractivity contribution is -0.127. The van der Waals surface area contributed by atoms with Crippen molar-refractivity contribution in [1.82, 2.24) is 9.88 Å². The molecule has 2 aromatic rings. The van der Waals surface area contributed by atoms with Crippen LogP contribution in [0.15, 0.2) is 23.2 Å². The molecule has 1 aromatic heterocycles. The van der Waals surface area contributed by atoms with Crippen LogP contribution in [0, 0.1) is 25.2 Å². The lowest BCUT2D eigenvalue weighted by Crippen LogP contribution is -2.31. The Morgan fingerprint density at radius 1 is 1.30 bits per heavy atom. The Balaban J connectivity index is 2.34. The number of nitriles is 1. The highest BCUT2D eigenvalue weighted by molar-refractivity contribution is 8.00. The largest absolute Gasteiger partial charge is 0.343 e. The number of rotatable bonds is 5. The molecule has 0 aliphatic carbocycles. The molecule has 0 unspecified atom stereocenters. The Morgan fingerprint density at radius 2 is 2.00 bits per heavy atom. The summed E-state index contributed by atoms with van der Waals surface area (Å²) in [5.41, 5.74) is 3.72. The predicted octanol–water partition coefficient (Wildman–Crippen LogP) is 3.68. The van der Waals surface area contributed by atoms with E-state index in [0.717, 1.165) is 16.5 Å². The van der Waals surface area contributed by atoms with E-state index in [4.69, 9.17) is 0 Å². The zero-order valence-electron chi connectivity index (χ0n) is 14.0. The van der Waals surface area contributed by atoms with Gasteiger partial charge in [0, 0.05) is 18.5 Å². The minimum atomic E-state index is 0.0757. The molecule has 0 saturated carbocycles. The highest BCUT2D eigenvalue weighted by atomic mass is 32.2. The van der Waals surface area contributed by atoms with Crippen molar-refractivity contribution in [3.63, 3.8) is 0 Å². The van der Waals surface area contributed by atoms with Crippen LogP contribution < -0.4 is 0 Å². The van der Waals surface area contributed by atoms with Gasteiger partial charge >= 0.3 is 0 Å². The predicted molar refractivity (Wildman–Crippen MR) is 94.6 cm³/mol. The summed E-state index contributed by atoms with van der Waals surface area (Å²) >= 11 is 1.34. The molecular formula is C18H21N3OS. The lowest BCUT2D eigenvalue weighted by Gasteiger charge is -2.18. The van der Waals surface area contributed by atoms with Crippen LogP contribution in [0.2, 0.25) is 0 Å². The minimum Gasteiger partial charge on any atom is -0.343 e. The number of carbonyl (C=O) groups excluding carboxylic acids is 1. The average molecular weight is 327 g/mol. The van der Waals surface area contributed by atoms with Crippen molar-refractivity contribution in [1.29, 1.82) is 5.26 Å². The summed E-state index contributed by atoms with van der Waals surface area (Å²) < 4.78 is 0. The first-order valence-corrected chi connectivity index (χ1v) is 8.72. The smallest absolute Gasteiger partial charge is 0.232 e. The van der Waals surface area contributed by atoms with Gasteiger partial charge in [0.2, 0.25) is 5.91 Å². The SMILES string of the molecule is CCN(CC)C(=O)CSc1nc2c(C)c(C)ccc2cc1C#N. The molecule has 4 nitrogen and oxygen atoms in total. The fourth-order valence-corrected chi connectivity index (χ4v) is 3.31. The Morgan fingerprint density at radius 3 is 2.61 bits per heavy atom. The highest BCUT2D eigenvalue weighted by Crippen LogP contribution is 2.27. The maximum absolute atomic E-state index is 12.2. The molecule has 0 bridgehead atoms. The molecular weight excluding hydrogens is 306 g/mol. The van der Waals surface area contributed by atoms with E-state index in [1.54, 1.807) is 4.90 Å². The van der Waals surface area contributed by atoms with E-state index in [9.17, 15) is 10.1 Å². The molecule has 0 aliphatic heterocycles. The van der Waals surface area contributed by atoms with E-state index >= 15 is 0 Å². The fourth-order valence-electron chi connectivity index (χ4n) is 2.45. The third-order valence-corrected chi connectivity index (χ3v) is 5.02. The second-order valence-electron chi connectivity index (χ2n) is 5.39. The van der Waals surface area contributed by atoms with Crippen molar-refractivity contribution in [3.8, 4) is 6.07 Å². The summed E-state index contributed by atoms with van der Waals surface area (Å²) in [4.78, 5) is 18.6. The van der Waals surface area contributed by atoms with Crippen LogP contribution in [0.1, 0.15) is 30.5 Å². The molecule has 0 spiro atoms. The van der Waals surface area contributed by atoms with E-state index < -0.39 is 0 Å². The summed E-state index contributed by atoms with van der Waals surface area (Å²) in [6.45, 7) is 9.41. The summed E-state index contributed by atoms with van der Waals surface area (Å²) in [5.74, 6) is 0.381. The first-order chi connectivity index (χ1) is 11.0. The maximum Gasteiger partial charge on any atom is 0.232 e. The number of fused-ring (bicyclic) bond motifs is 1. The standard InChI is InChI=1S/C18H21N3OS/c1-5-21(6-2)16(22)11-23-18-15(10-19)9-14-8-7-12(3)13(4)17(14)20-18/h7-9H,5-6,11H2,1-4H3. The molecule has 23 heavy (non-hydrogen) atoms. The number of hydrogen-bond acceptors (Lipinski definition) is 4. The highest BCUT2D eigenvalue weighted by Gasteiger charge is 2.14. The van der Waals surface area contributed by atoms with Crippen molar-refractivity contribution in [2.24, 2.45) is 0 Å². The number of aryl methyl sites for hydroxylation is 2. The third-order valence-electron chi connectivity index (χ3n) is 4.05. The molecule has 120 valence electrons. The van der Waals surface area contributed by atoms with Crippen LogP contribution in [0.3, 0.4) is 0 Å². The van der Waals surface area contributed by atoms with Crippen molar-refractivity contribution >= 4 is 28.6 Å². The molecule has 1 aromatic carbocycles. The second kappa shape index (κ2) is 7.47. The van der Waals surface area contributed by atoms with Gasteiger partial charge < -0.3 is 4.90 Å². The molecule has 1 heterocycles. The van der Waals surface area contributed by atoms with Gasteiger partial charge in [-0.25, -0.2) is 4.98 Å². The Bertz CT molecular complexity index is 776. The third kappa shape index (κ3) is 3.65. The number of amides is 1. The van der Waals surface area contributed by atoms with Gasteiger partial charge in [-0.1, -0.05) is 23.9 Å². The van der Waals surface area contributed by atoms with Crippen LogP contribution in [0.25, 0.3) is 10.9 Å². The summed E-state index contributed by atoms with van der Waals surface area (Å²) in [6, 6.07) is 8.08. The fraction of sp³-hybridized carbons (Fsp3) is 0.389. The van der Waals surface area contributed by atoms with Crippen molar-refractivity contribution < 1.29 is 4.79 Å². The monoisotopic (exact) mass is 327 g/mol. The van der Waals surface area contributed by atoms with Crippen LogP contribution >= 0.6 is 11.8 Å². The number of benzene rings is 1. The first-order valence-electron chi connectivity index (χ1n) is 7.73. The van der Waals surface area contributed by atoms with Gasteiger partial charge in [-0.15, -0.1) is 0 Å². The molecule has 0 aliphatic rings. The number of pyridine rings is 1. The molecule has 0 radical (unpaired) electrons. The Hall–Kier alpha value is -2.06. The van der Waals surface area contributed by atoms with Crippen molar-refractivity contribution in [2.75, 3.05) is 18.8 Å². The number of nitrogens with zero attached hydrogens (tertiary/aromatic N) is 3. The summed E-state index contributed by atoms with van der Waals surface area (Å²) in [5, 5.41) is 11.0. The number of carbonyl (C=O) groups is 1. The molecule has 2 rings (SSSR count). The summed E-state index contributed by atoms with van der Waals surface area (Å²) in [6.07, 6.45) is 0. The quantitative estimate of drug-likeness (QED) is 0.786. The lowest BCUT2D eigenvalue weighted by atomic mass is 10.0. The second-order valence-corrected chi connectivity index (χ2v) is 6.35. The molecule has 1 amide bonds. The number of hydrogen-bond donors (Lipinski definition) is 0. The van der Waals surface area contributed by atoms with Crippen LogP contribution in [0.5, 0.6) is 0 Å². The molecule has 0 N–H and O–H groups in total. The first kappa shape index (κ1) is 17.3. The Kier molecular flexibility index (Phi) is 5.62. The van der Waals surface area contributed by atoms with E-state index in [1.807, 2.05) is 45.9 Å². The number of aromatic nitrogens is 1. The zero-order chi connectivity index (χ0) is 17.0. The molecule has 0 fully saturated rings. The average Bonchev–Trinajstić information content (AvgIpc) is 2.57. The van der Waals surface area contributed by atoms with Crippen LogP contribution in [-0.4, -0.2) is 34.6 Å². The molecule has 0 atom stereocenters. The van der Waals surface area contributed by atoms with E-state index in [1.165, 1.54) is 17.3 Å². The van der Waals surface area contributed by atoms with E-state index in [2.05, 4.69) is 11.1 Å². The molecule has 5 heteroatoms. The van der Waals surface area contributed by atoms with Crippen LogP contribution in [-0.2, 0) is 4.79 Å². The maximum atomic E-state index is 12.2. The van der Waals surface area contributed by atoms with Gasteiger partial charge in [-0.3, -0.25) is 4.79 Å². The normalized spacial score (nSPS) is 10.6. The number of thioether (sulfide) groups is 1. The topological polar surface area (TPSA) is 57.0 Å². The van der Waals surface area contributed by atoms with Gasteiger partial charge in [0.15, 0.2) is 0 Å². The summed E-state index contributed by atoms with van der Waals surface area (Å²) in [7, 11) is 0. The van der Waals surface area contributed by atoms with Gasteiger partial charge in [0.25, 0.3) is 0 Å². The van der Waals surface area contributed by atoms with Crippen molar-refractivity contribution in [3.05, 3.63) is 34.9 Å². The van der Waals surface area contributed by atoms with Gasteiger partial charge in [0.1, 0.15) is 11.1 Å². The van der Waals surface area contributed by atoms with Gasteiger partial charge in [-0.05, 0) is 44.9 Å².